The maximum Gasteiger partial charge on any atom is 0.138 e. The summed E-state index contributed by atoms with van der Waals surface area (Å²) < 4.78 is 1.82. The summed E-state index contributed by atoms with van der Waals surface area (Å²) in [5, 5.41) is 14.0. The quantitative estimate of drug-likeness (QED) is 0.846. The van der Waals surface area contributed by atoms with E-state index in [-0.39, 0.29) is 6.61 Å². The Kier molecular flexibility index (Phi) is 3.88. The van der Waals surface area contributed by atoms with Crippen molar-refractivity contribution in [1.29, 1.82) is 0 Å². The highest BCUT2D eigenvalue weighted by Crippen LogP contribution is 2.26. The fourth-order valence-corrected chi connectivity index (χ4v) is 2.09. The Balaban J connectivity index is 2.59. The van der Waals surface area contributed by atoms with Crippen molar-refractivity contribution in [2.24, 2.45) is 0 Å². The lowest BCUT2D eigenvalue weighted by Gasteiger charge is -2.19. The van der Waals surface area contributed by atoms with Crippen molar-refractivity contribution in [3.63, 3.8) is 0 Å². The van der Waals surface area contributed by atoms with Gasteiger partial charge in [-0.1, -0.05) is 24.1 Å². The van der Waals surface area contributed by atoms with Gasteiger partial charge in [0.2, 0.25) is 0 Å². The summed E-state index contributed by atoms with van der Waals surface area (Å²) in [6.07, 6.45) is 5.37. The van der Waals surface area contributed by atoms with Crippen molar-refractivity contribution in [3.8, 4) is 18.0 Å². The van der Waals surface area contributed by atoms with Gasteiger partial charge in [0.25, 0.3) is 0 Å². The van der Waals surface area contributed by atoms with Gasteiger partial charge in [-0.2, -0.15) is 5.10 Å². The number of hydrogen-bond acceptors (Lipinski definition) is 3. The number of hydrogen-bond donors (Lipinski definition) is 1. The zero-order valence-electron chi connectivity index (χ0n) is 11.2. The van der Waals surface area contributed by atoms with Crippen molar-refractivity contribution in [1.82, 2.24) is 9.78 Å². The van der Waals surface area contributed by atoms with Crippen molar-refractivity contribution in [2.45, 2.75) is 13.5 Å². The van der Waals surface area contributed by atoms with E-state index in [0.29, 0.717) is 6.54 Å². The second-order valence-corrected chi connectivity index (χ2v) is 4.35. The number of benzene rings is 1. The van der Waals surface area contributed by atoms with Crippen LogP contribution in [0, 0.1) is 19.3 Å². The largest absolute Gasteiger partial charge is 0.391 e. The highest BCUT2D eigenvalue weighted by Gasteiger charge is 2.18. The number of anilines is 1. The van der Waals surface area contributed by atoms with Crippen LogP contribution in [0.4, 0.5) is 5.82 Å². The number of terminal acetylenes is 1. The average Bonchev–Trinajstić information content (AvgIpc) is 2.77. The van der Waals surface area contributed by atoms with Crippen LogP contribution in [0.25, 0.3) is 5.69 Å². The van der Waals surface area contributed by atoms with Crippen LogP contribution in [0.2, 0.25) is 0 Å². The van der Waals surface area contributed by atoms with Gasteiger partial charge in [0.1, 0.15) is 5.82 Å². The first-order chi connectivity index (χ1) is 9.19. The van der Waals surface area contributed by atoms with Crippen LogP contribution in [-0.4, -0.2) is 28.5 Å². The van der Waals surface area contributed by atoms with E-state index in [4.69, 9.17) is 6.42 Å². The van der Waals surface area contributed by atoms with Crippen molar-refractivity contribution < 1.29 is 5.11 Å². The molecule has 0 saturated heterocycles. The van der Waals surface area contributed by atoms with E-state index in [1.807, 2.05) is 53.9 Å². The molecule has 98 valence electrons. The normalized spacial score (nSPS) is 10.2. The Morgan fingerprint density at radius 2 is 2.05 bits per heavy atom. The number of aryl methyl sites for hydroxylation is 1. The zero-order valence-corrected chi connectivity index (χ0v) is 11.2. The molecule has 1 aromatic carbocycles. The smallest absolute Gasteiger partial charge is 0.138 e. The van der Waals surface area contributed by atoms with Crippen molar-refractivity contribution in [3.05, 3.63) is 41.6 Å². The molecule has 0 unspecified atom stereocenters. The molecule has 0 bridgehead atoms. The van der Waals surface area contributed by atoms with Gasteiger partial charge in [-0.25, -0.2) is 4.68 Å². The minimum atomic E-state index is -0.0527. The third-order valence-electron chi connectivity index (χ3n) is 3.01. The number of aromatic nitrogens is 2. The lowest BCUT2D eigenvalue weighted by Crippen LogP contribution is -2.21. The zero-order chi connectivity index (χ0) is 13.8. The number of nitrogens with zero attached hydrogens (tertiary/aromatic N) is 3. The first-order valence-corrected chi connectivity index (χ1v) is 6.08. The summed E-state index contributed by atoms with van der Waals surface area (Å²) >= 11 is 0. The molecule has 0 atom stereocenters. The second kappa shape index (κ2) is 5.59. The van der Waals surface area contributed by atoms with Gasteiger partial charge in [-0.15, -0.1) is 6.42 Å². The summed E-state index contributed by atoms with van der Waals surface area (Å²) in [6, 6.07) is 9.81. The van der Waals surface area contributed by atoms with Crippen LogP contribution in [0.15, 0.2) is 30.3 Å². The predicted octanol–water partition coefficient (Wildman–Crippen LogP) is 1.74. The fourth-order valence-electron chi connectivity index (χ4n) is 2.09. The van der Waals surface area contributed by atoms with Crippen LogP contribution in [0.5, 0.6) is 0 Å². The van der Waals surface area contributed by atoms with Gasteiger partial charge < -0.3 is 10.0 Å². The lowest BCUT2D eigenvalue weighted by atomic mass is 10.2. The van der Waals surface area contributed by atoms with E-state index >= 15 is 0 Å². The maximum absolute atomic E-state index is 9.54. The minimum Gasteiger partial charge on any atom is -0.391 e. The molecule has 0 fully saturated rings. The van der Waals surface area contributed by atoms with E-state index in [9.17, 15) is 5.11 Å². The predicted molar refractivity (Wildman–Crippen MR) is 76.3 cm³/mol. The summed E-state index contributed by atoms with van der Waals surface area (Å²) in [7, 11) is 1.90. The molecule has 0 spiro atoms. The first kappa shape index (κ1) is 13.2. The fraction of sp³-hybridized carbons (Fsp3) is 0.267. The summed E-state index contributed by atoms with van der Waals surface area (Å²) in [5.41, 5.74) is 2.57. The molecule has 0 aliphatic heterocycles. The third-order valence-corrected chi connectivity index (χ3v) is 3.01. The van der Waals surface area contributed by atoms with Gasteiger partial charge >= 0.3 is 0 Å². The van der Waals surface area contributed by atoms with Gasteiger partial charge in [0.15, 0.2) is 0 Å². The SMILES string of the molecule is C#CCN(C)c1c(CO)c(C)nn1-c1ccccc1. The van der Waals surface area contributed by atoms with Crippen molar-refractivity contribution in [2.75, 3.05) is 18.5 Å². The second-order valence-electron chi connectivity index (χ2n) is 4.35. The summed E-state index contributed by atoms with van der Waals surface area (Å²) in [5.74, 6) is 3.45. The molecule has 0 aliphatic carbocycles. The molecule has 4 nitrogen and oxygen atoms in total. The molecule has 1 heterocycles. The van der Waals surface area contributed by atoms with E-state index < -0.39 is 0 Å². The molecule has 4 heteroatoms. The molecule has 0 aliphatic rings. The molecule has 2 rings (SSSR count). The molecule has 19 heavy (non-hydrogen) atoms. The topological polar surface area (TPSA) is 41.3 Å². The average molecular weight is 255 g/mol. The maximum atomic E-state index is 9.54. The summed E-state index contributed by atoms with van der Waals surface area (Å²) in [4.78, 5) is 1.92. The van der Waals surface area contributed by atoms with Crippen LogP contribution in [-0.2, 0) is 6.61 Å². The number of para-hydroxylation sites is 1. The van der Waals surface area contributed by atoms with Crippen LogP contribution in [0.1, 0.15) is 11.3 Å². The van der Waals surface area contributed by atoms with E-state index in [1.165, 1.54) is 0 Å². The van der Waals surface area contributed by atoms with Crippen LogP contribution >= 0.6 is 0 Å². The number of aliphatic hydroxyl groups excluding tert-OH is 1. The van der Waals surface area contributed by atoms with Gasteiger partial charge in [0, 0.05) is 12.6 Å². The lowest BCUT2D eigenvalue weighted by molar-refractivity contribution is 0.281. The Hall–Kier alpha value is -2.25. The number of aliphatic hydroxyl groups is 1. The van der Waals surface area contributed by atoms with Gasteiger partial charge in [-0.05, 0) is 19.1 Å². The summed E-state index contributed by atoms with van der Waals surface area (Å²) in [6.45, 7) is 2.30. The standard InChI is InChI=1S/C15H17N3O/c1-4-10-17(3)15-14(11-19)12(2)16-18(15)13-8-6-5-7-9-13/h1,5-9,19H,10-11H2,2-3H3. The molecule has 2 aromatic rings. The molecule has 0 radical (unpaired) electrons. The van der Waals surface area contributed by atoms with Crippen molar-refractivity contribution >= 4 is 5.82 Å². The molecule has 0 amide bonds. The molecule has 1 N–H and O–H groups in total. The Morgan fingerprint density at radius 3 is 2.63 bits per heavy atom. The molecular weight excluding hydrogens is 238 g/mol. The molecule has 1 aromatic heterocycles. The Labute approximate surface area is 113 Å². The minimum absolute atomic E-state index is 0.0527. The van der Waals surface area contributed by atoms with E-state index in [2.05, 4.69) is 11.0 Å². The monoisotopic (exact) mass is 255 g/mol. The van der Waals surface area contributed by atoms with E-state index in [1.54, 1.807) is 0 Å². The first-order valence-electron chi connectivity index (χ1n) is 6.08. The van der Waals surface area contributed by atoms with Crippen LogP contribution in [0.3, 0.4) is 0 Å². The van der Waals surface area contributed by atoms with E-state index in [0.717, 1.165) is 22.8 Å². The highest BCUT2D eigenvalue weighted by atomic mass is 16.3. The molecule has 0 saturated carbocycles. The van der Waals surface area contributed by atoms with Crippen LogP contribution < -0.4 is 4.90 Å². The Morgan fingerprint density at radius 1 is 1.37 bits per heavy atom. The molecular formula is C15H17N3O. The van der Waals surface area contributed by atoms with Gasteiger partial charge in [0.05, 0.1) is 24.5 Å². The van der Waals surface area contributed by atoms with Gasteiger partial charge in [-0.3, -0.25) is 0 Å². The highest BCUT2D eigenvalue weighted by molar-refractivity contribution is 5.55. The Bertz CT molecular complexity index is 596. The number of rotatable bonds is 4. The third kappa shape index (κ3) is 2.47.